The molecule has 0 radical (unpaired) electrons. The quantitative estimate of drug-likeness (QED) is 0.759. The number of carbonyl (C=O) groups excluding carboxylic acids is 1. The van der Waals surface area contributed by atoms with Crippen LogP contribution in [0.1, 0.15) is 39.5 Å². The van der Waals surface area contributed by atoms with Crippen LogP contribution in [0.5, 0.6) is 0 Å². The molecule has 0 aromatic carbocycles. The zero-order valence-electron chi connectivity index (χ0n) is 10.9. The molecule has 0 aromatic heterocycles. The van der Waals surface area contributed by atoms with Crippen molar-refractivity contribution in [1.82, 2.24) is 10.6 Å². The molecule has 4 heteroatoms. The summed E-state index contributed by atoms with van der Waals surface area (Å²) >= 11 is 0. The van der Waals surface area contributed by atoms with E-state index in [1.165, 1.54) is 0 Å². The fourth-order valence-corrected chi connectivity index (χ4v) is 2.65. The maximum Gasteiger partial charge on any atom is 0.249 e. The molecular weight excluding hydrogens is 216 g/mol. The second-order valence-corrected chi connectivity index (χ2v) is 5.87. The number of amides is 1. The summed E-state index contributed by atoms with van der Waals surface area (Å²) < 4.78 is 5.52. The van der Waals surface area contributed by atoms with Crippen LogP contribution in [0.25, 0.3) is 0 Å². The van der Waals surface area contributed by atoms with Crippen molar-refractivity contribution < 1.29 is 9.53 Å². The minimum absolute atomic E-state index is 0.0877. The van der Waals surface area contributed by atoms with E-state index in [1.807, 2.05) is 0 Å². The molecule has 2 saturated heterocycles. The number of hydrogen-bond acceptors (Lipinski definition) is 3. The molecule has 0 aromatic rings. The van der Waals surface area contributed by atoms with Crippen LogP contribution in [-0.4, -0.2) is 37.7 Å². The largest absolute Gasteiger partial charge is 0.368 e. The lowest BCUT2D eigenvalue weighted by molar-refractivity contribution is -0.137. The second-order valence-electron chi connectivity index (χ2n) is 5.87. The van der Waals surface area contributed by atoms with Gasteiger partial charge in [-0.05, 0) is 37.6 Å². The molecule has 17 heavy (non-hydrogen) atoms. The van der Waals surface area contributed by atoms with Gasteiger partial charge >= 0.3 is 0 Å². The molecule has 4 nitrogen and oxygen atoms in total. The molecule has 2 unspecified atom stereocenters. The van der Waals surface area contributed by atoms with Gasteiger partial charge in [-0.3, -0.25) is 4.79 Å². The van der Waals surface area contributed by atoms with Crippen molar-refractivity contribution >= 4 is 5.91 Å². The topological polar surface area (TPSA) is 50.4 Å². The van der Waals surface area contributed by atoms with Gasteiger partial charge in [-0.1, -0.05) is 13.8 Å². The average Bonchev–Trinajstić information content (AvgIpc) is 2.33. The van der Waals surface area contributed by atoms with Crippen molar-refractivity contribution in [2.75, 3.05) is 19.7 Å². The van der Waals surface area contributed by atoms with E-state index in [0.29, 0.717) is 0 Å². The number of nitrogens with one attached hydrogen (secondary N) is 2. The van der Waals surface area contributed by atoms with Crippen molar-refractivity contribution in [3.05, 3.63) is 0 Å². The van der Waals surface area contributed by atoms with Gasteiger partial charge in [-0.15, -0.1) is 0 Å². The lowest BCUT2D eigenvalue weighted by Gasteiger charge is -2.40. The first-order chi connectivity index (χ1) is 8.09. The molecule has 0 saturated carbocycles. The van der Waals surface area contributed by atoms with Gasteiger partial charge in [0.15, 0.2) is 0 Å². The molecule has 2 fully saturated rings. The Kier molecular flexibility index (Phi) is 4.05. The maximum atomic E-state index is 12.1. The number of ether oxygens (including phenoxy) is 1. The molecule has 0 bridgehead atoms. The minimum Gasteiger partial charge on any atom is -0.368 e. The third-order valence-electron chi connectivity index (χ3n) is 3.92. The molecule has 2 rings (SSSR count). The van der Waals surface area contributed by atoms with Crippen LogP contribution < -0.4 is 10.6 Å². The van der Waals surface area contributed by atoms with E-state index in [0.717, 1.165) is 45.4 Å². The van der Waals surface area contributed by atoms with Gasteiger partial charge in [0.1, 0.15) is 6.10 Å². The van der Waals surface area contributed by atoms with E-state index >= 15 is 0 Å². The first-order valence-electron chi connectivity index (χ1n) is 6.72. The van der Waals surface area contributed by atoms with E-state index in [1.54, 1.807) is 0 Å². The van der Waals surface area contributed by atoms with E-state index in [-0.39, 0.29) is 23.5 Å². The zero-order valence-corrected chi connectivity index (χ0v) is 10.9. The fraction of sp³-hybridized carbons (Fsp3) is 0.923. The van der Waals surface area contributed by atoms with E-state index < -0.39 is 0 Å². The van der Waals surface area contributed by atoms with Gasteiger partial charge in [0, 0.05) is 19.2 Å². The number of rotatable bonds is 2. The van der Waals surface area contributed by atoms with Gasteiger partial charge in [-0.25, -0.2) is 0 Å². The van der Waals surface area contributed by atoms with Crippen molar-refractivity contribution in [1.29, 1.82) is 0 Å². The summed E-state index contributed by atoms with van der Waals surface area (Å²) in [7, 11) is 0. The summed E-state index contributed by atoms with van der Waals surface area (Å²) in [6, 6.07) is 0.266. The van der Waals surface area contributed by atoms with Gasteiger partial charge in [-0.2, -0.15) is 0 Å². The molecular formula is C13H24N2O2. The smallest absolute Gasteiger partial charge is 0.249 e. The second kappa shape index (κ2) is 5.36. The van der Waals surface area contributed by atoms with Crippen LogP contribution in [-0.2, 0) is 9.53 Å². The predicted molar refractivity (Wildman–Crippen MR) is 66.8 cm³/mol. The van der Waals surface area contributed by atoms with Gasteiger partial charge in [0.05, 0.1) is 0 Å². The normalized spacial score (nSPS) is 33.1. The molecule has 0 spiro atoms. The molecule has 2 aliphatic rings. The number of carbonyl (C=O) groups is 1. The van der Waals surface area contributed by atoms with Crippen LogP contribution in [0.15, 0.2) is 0 Å². The zero-order chi connectivity index (χ0) is 12.3. The molecule has 1 amide bonds. The lowest BCUT2D eigenvalue weighted by Crippen LogP contribution is -2.56. The Bertz CT molecular complexity index is 273. The molecule has 2 N–H and O–H groups in total. The van der Waals surface area contributed by atoms with Gasteiger partial charge in [0.25, 0.3) is 0 Å². The number of hydrogen-bond donors (Lipinski definition) is 2. The maximum absolute atomic E-state index is 12.1. The van der Waals surface area contributed by atoms with E-state index in [2.05, 4.69) is 24.5 Å². The van der Waals surface area contributed by atoms with E-state index in [4.69, 9.17) is 4.74 Å². The highest BCUT2D eigenvalue weighted by Gasteiger charge is 2.34. The van der Waals surface area contributed by atoms with Crippen LogP contribution in [0, 0.1) is 5.41 Å². The summed E-state index contributed by atoms with van der Waals surface area (Å²) in [5.74, 6) is 0.0877. The van der Waals surface area contributed by atoms with Gasteiger partial charge in [0.2, 0.25) is 5.91 Å². The molecule has 98 valence electrons. The Hall–Kier alpha value is -0.610. The highest BCUT2D eigenvalue weighted by Crippen LogP contribution is 2.25. The lowest BCUT2D eigenvalue weighted by atomic mass is 9.80. The summed E-state index contributed by atoms with van der Waals surface area (Å²) in [5, 5.41) is 6.55. The average molecular weight is 240 g/mol. The number of piperidine rings is 1. The summed E-state index contributed by atoms with van der Waals surface area (Å²) in [6.07, 6.45) is 3.85. The summed E-state index contributed by atoms with van der Waals surface area (Å²) in [6.45, 7) is 7.08. The van der Waals surface area contributed by atoms with Crippen molar-refractivity contribution in [2.45, 2.75) is 51.7 Å². The van der Waals surface area contributed by atoms with Crippen LogP contribution in [0.2, 0.25) is 0 Å². The summed E-state index contributed by atoms with van der Waals surface area (Å²) in [4.78, 5) is 12.1. The standard InChI is InChI=1S/C13H24N2O2/c1-13(2)9-14-7-6-11(13)15-12(16)10-5-3-4-8-17-10/h10-11,14H,3-9H2,1-2H3,(H,15,16). The molecule has 2 aliphatic heterocycles. The van der Waals surface area contributed by atoms with Crippen LogP contribution >= 0.6 is 0 Å². The SMILES string of the molecule is CC1(C)CNCCC1NC(=O)C1CCCCO1. The van der Waals surface area contributed by atoms with Gasteiger partial charge < -0.3 is 15.4 Å². The highest BCUT2D eigenvalue weighted by molar-refractivity contribution is 5.81. The Labute approximate surface area is 103 Å². The Balaban J connectivity index is 1.88. The monoisotopic (exact) mass is 240 g/mol. The molecule has 2 heterocycles. The first kappa shape index (κ1) is 12.8. The van der Waals surface area contributed by atoms with Crippen molar-refractivity contribution in [3.8, 4) is 0 Å². The third kappa shape index (κ3) is 3.19. The predicted octanol–water partition coefficient (Wildman–Crippen LogP) is 1.06. The minimum atomic E-state index is -0.213. The highest BCUT2D eigenvalue weighted by atomic mass is 16.5. The first-order valence-corrected chi connectivity index (χ1v) is 6.72. The Morgan fingerprint density at radius 3 is 2.82 bits per heavy atom. The summed E-state index contributed by atoms with van der Waals surface area (Å²) in [5.41, 5.74) is 0.128. The van der Waals surface area contributed by atoms with E-state index in [9.17, 15) is 4.79 Å². The molecule has 0 aliphatic carbocycles. The van der Waals surface area contributed by atoms with Crippen molar-refractivity contribution in [3.63, 3.8) is 0 Å². The Morgan fingerprint density at radius 2 is 2.18 bits per heavy atom. The molecule has 2 atom stereocenters. The fourth-order valence-electron chi connectivity index (χ4n) is 2.65. The van der Waals surface area contributed by atoms with Crippen molar-refractivity contribution in [2.24, 2.45) is 5.41 Å². The third-order valence-corrected chi connectivity index (χ3v) is 3.92. The van der Waals surface area contributed by atoms with Crippen LogP contribution in [0.3, 0.4) is 0 Å². The Morgan fingerprint density at radius 1 is 1.35 bits per heavy atom. The van der Waals surface area contributed by atoms with Crippen LogP contribution in [0.4, 0.5) is 0 Å².